The molecule has 0 radical (unpaired) electrons. The smallest absolute Gasteiger partial charge is 0.306 e. The van der Waals surface area contributed by atoms with E-state index in [-0.39, 0.29) is 23.5 Å². The van der Waals surface area contributed by atoms with Crippen LogP contribution in [0.15, 0.2) is 23.1 Å². The van der Waals surface area contributed by atoms with E-state index >= 15 is 0 Å². The third-order valence-corrected chi connectivity index (χ3v) is 3.65. The molecule has 18 heavy (non-hydrogen) atoms. The highest BCUT2D eigenvalue weighted by Gasteiger charge is 2.17. The number of ether oxygens (including phenoxy) is 1. The number of nitrogens with two attached hydrogens (primary N) is 1. The summed E-state index contributed by atoms with van der Waals surface area (Å²) in [4.78, 5) is 10.6. The minimum Gasteiger partial charge on any atom is -0.469 e. The van der Waals surface area contributed by atoms with Crippen LogP contribution < -0.4 is 10.5 Å². The number of sulfonamides is 1. The van der Waals surface area contributed by atoms with Crippen molar-refractivity contribution in [3.05, 3.63) is 24.0 Å². The van der Waals surface area contributed by atoms with E-state index in [1.54, 1.807) is 0 Å². The van der Waals surface area contributed by atoms with Crippen molar-refractivity contribution in [3.8, 4) is 0 Å². The average molecular weight is 276 g/mol. The van der Waals surface area contributed by atoms with Gasteiger partial charge >= 0.3 is 5.97 Å². The largest absolute Gasteiger partial charge is 0.469 e. The van der Waals surface area contributed by atoms with Crippen LogP contribution in [0.25, 0.3) is 0 Å². The van der Waals surface area contributed by atoms with Crippen LogP contribution in [0.2, 0.25) is 0 Å². The summed E-state index contributed by atoms with van der Waals surface area (Å²) in [5, 5.41) is 0. The van der Waals surface area contributed by atoms with Crippen molar-refractivity contribution in [3.63, 3.8) is 0 Å². The Labute approximate surface area is 104 Å². The summed E-state index contributed by atoms with van der Waals surface area (Å²) < 4.78 is 42.9. The summed E-state index contributed by atoms with van der Waals surface area (Å²) in [6.45, 7) is -0.119. The number of rotatable bonds is 5. The molecule has 0 atom stereocenters. The fraction of sp³-hybridized carbons (Fsp3) is 0.300. The van der Waals surface area contributed by atoms with Gasteiger partial charge in [-0.3, -0.25) is 4.79 Å². The lowest BCUT2D eigenvalue weighted by atomic mass is 10.3. The van der Waals surface area contributed by atoms with Crippen LogP contribution in [0.4, 0.5) is 10.1 Å². The number of methoxy groups -OCH3 is 1. The third kappa shape index (κ3) is 3.67. The fourth-order valence-corrected chi connectivity index (χ4v) is 2.37. The molecular formula is C10H13FN2O4S. The summed E-state index contributed by atoms with van der Waals surface area (Å²) in [5.74, 6) is -1.16. The molecule has 0 heterocycles. The molecule has 0 fully saturated rings. The summed E-state index contributed by atoms with van der Waals surface area (Å²) >= 11 is 0. The van der Waals surface area contributed by atoms with E-state index in [4.69, 9.17) is 5.73 Å². The SMILES string of the molecule is COC(=O)CCNS(=O)(=O)c1ccc(F)cc1N. The highest BCUT2D eigenvalue weighted by Crippen LogP contribution is 2.18. The lowest BCUT2D eigenvalue weighted by Crippen LogP contribution is -2.27. The van der Waals surface area contributed by atoms with Gasteiger partial charge in [0.15, 0.2) is 0 Å². The predicted molar refractivity (Wildman–Crippen MR) is 62.6 cm³/mol. The number of benzene rings is 1. The van der Waals surface area contributed by atoms with Crippen molar-refractivity contribution in [1.82, 2.24) is 4.72 Å². The van der Waals surface area contributed by atoms with Gasteiger partial charge in [0.05, 0.1) is 19.2 Å². The molecule has 0 saturated heterocycles. The molecule has 1 aromatic carbocycles. The standard InChI is InChI=1S/C10H13FN2O4S/c1-17-10(14)4-5-13-18(15,16)9-3-2-7(11)6-8(9)12/h2-3,6,13H,4-5,12H2,1H3. The van der Waals surface area contributed by atoms with Gasteiger partial charge in [-0.1, -0.05) is 0 Å². The number of esters is 1. The van der Waals surface area contributed by atoms with Gasteiger partial charge in [-0.15, -0.1) is 0 Å². The Kier molecular flexibility index (Phi) is 4.62. The van der Waals surface area contributed by atoms with E-state index in [2.05, 4.69) is 9.46 Å². The fourth-order valence-electron chi connectivity index (χ4n) is 1.23. The van der Waals surface area contributed by atoms with Crippen LogP contribution in [-0.4, -0.2) is 28.0 Å². The quantitative estimate of drug-likeness (QED) is 0.593. The summed E-state index contributed by atoms with van der Waals surface area (Å²) in [7, 11) is -2.66. The Morgan fingerprint density at radius 3 is 2.72 bits per heavy atom. The van der Waals surface area contributed by atoms with Crippen molar-refractivity contribution in [2.24, 2.45) is 0 Å². The van der Waals surface area contributed by atoms with Crippen molar-refractivity contribution in [1.29, 1.82) is 0 Å². The molecule has 0 unspecified atom stereocenters. The molecule has 100 valence electrons. The topological polar surface area (TPSA) is 98.5 Å². The third-order valence-electron chi connectivity index (χ3n) is 2.11. The van der Waals surface area contributed by atoms with Crippen LogP contribution >= 0.6 is 0 Å². The van der Waals surface area contributed by atoms with Gasteiger partial charge in [0.2, 0.25) is 10.0 Å². The van der Waals surface area contributed by atoms with Gasteiger partial charge in [0, 0.05) is 6.54 Å². The van der Waals surface area contributed by atoms with Crippen LogP contribution in [0.3, 0.4) is 0 Å². The zero-order valence-electron chi connectivity index (χ0n) is 9.64. The highest BCUT2D eigenvalue weighted by atomic mass is 32.2. The van der Waals surface area contributed by atoms with Crippen LogP contribution in [0.5, 0.6) is 0 Å². The van der Waals surface area contributed by atoms with E-state index in [0.29, 0.717) is 0 Å². The van der Waals surface area contributed by atoms with E-state index < -0.39 is 21.8 Å². The maximum Gasteiger partial charge on any atom is 0.306 e. The zero-order chi connectivity index (χ0) is 13.8. The van der Waals surface area contributed by atoms with E-state index in [1.165, 1.54) is 7.11 Å². The van der Waals surface area contributed by atoms with Gasteiger partial charge in [0.25, 0.3) is 0 Å². The van der Waals surface area contributed by atoms with Crippen molar-refractivity contribution in [2.45, 2.75) is 11.3 Å². The number of carbonyl (C=O) groups excluding carboxylic acids is 1. The summed E-state index contributed by atoms with van der Waals surface area (Å²) in [5.41, 5.74) is 5.22. The van der Waals surface area contributed by atoms with Gasteiger partial charge in [-0.25, -0.2) is 17.5 Å². The molecule has 6 nitrogen and oxygen atoms in total. The lowest BCUT2D eigenvalue weighted by Gasteiger charge is -2.08. The number of nitrogen functional groups attached to an aromatic ring is 1. The molecule has 0 aliphatic rings. The van der Waals surface area contributed by atoms with Crippen molar-refractivity contribution < 1.29 is 22.3 Å². The maximum atomic E-state index is 12.8. The molecule has 0 aliphatic heterocycles. The summed E-state index contributed by atoms with van der Waals surface area (Å²) in [6, 6.07) is 2.96. The number of nitrogens with one attached hydrogen (secondary N) is 1. The molecule has 0 aromatic heterocycles. The van der Waals surface area contributed by atoms with Gasteiger partial charge in [-0.2, -0.15) is 0 Å². The molecule has 8 heteroatoms. The van der Waals surface area contributed by atoms with Crippen molar-refractivity contribution >= 4 is 21.7 Å². The average Bonchev–Trinajstić information content (AvgIpc) is 2.27. The minimum atomic E-state index is -3.86. The Balaban J connectivity index is 2.77. The second-order valence-corrected chi connectivity index (χ2v) is 5.14. The first-order valence-corrected chi connectivity index (χ1v) is 6.46. The molecule has 0 aliphatic carbocycles. The number of carbonyl (C=O) groups is 1. The number of halogens is 1. The Bertz CT molecular complexity index is 545. The molecule has 0 saturated carbocycles. The van der Waals surface area contributed by atoms with E-state index in [9.17, 15) is 17.6 Å². The molecule has 1 aromatic rings. The van der Waals surface area contributed by atoms with E-state index in [1.807, 2.05) is 0 Å². The first-order valence-electron chi connectivity index (χ1n) is 4.98. The van der Waals surface area contributed by atoms with Crippen molar-refractivity contribution in [2.75, 3.05) is 19.4 Å². The predicted octanol–water partition coefficient (Wildman–Crippen LogP) is 0.249. The summed E-state index contributed by atoms with van der Waals surface area (Å²) in [6.07, 6.45) is -0.100. The monoisotopic (exact) mass is 276 g/mol. The van der Waals surface area contributed by atoms with Crippen LogP contribution in [0, 0.1) is 5.82 Å². The zero-order valence-corrected chi connectivity index (χ0v) is 10.5. The first-order chi connectivity index (χ1) is 8.36. The minimum absolute atomic E-state index is 0.100. The number of hydrogen-bond donors (Lipinski definition) is 2. The molecule has 1 rings (SSSR count). The van der Waals surface area contributed by atoms with Gasteiger partial charge in [-0.05, 0) is 18.2 Å². The molecule has 3 N–H and O–H groups in total. The Morgan fingerprint density at radius 1 is 1.50 bits per heavy atom. The Morgan fingerprint density at radius 2 is 2.17 bits per heavy atom. The van der Waals surface area contributed by atoms with Crippen LogP contribution in [0.1, 0.15) is 6.42 Å². The molecule has 0 amide bonds. The first kappa shape index (κ1) is 14.4. The van der Waals surface area contributed by atoms with Gasteiger partial charge < -0.3 is 10.5 Å². The lowest BCUT2D eigenvalue weighted by molar-refractivity contribution is -0.140. The normalized spacial score (nSPS) is 11.2. The highest BCUT2D eigenvalue weighted by molar-refractivity contribution is 7.89. The molecular weight excluding hydrogens is 263 g/mol. The van der Waals surface area contributed by atoms with Gasteiger partial charge in [0.1, 0.15) is 10.7 Å². The number of hydrogen-bond acceptors (Lipinski definition) is 5. The Hall–Kier alpha value is -1.67. The van der Waals surface area contributed by atoms with Crippen LogP contribution in [-0.2, 0) is 19.6 Å². The maximum absolute atomic E-state index is 12.8. The second-order valence-electron chi connectivity index (χ2n) is 3.41. The molecule has 0 spiro atoms. The second kappa shape index (κ2) is 5.78. The number of anilines is 1. The molecule has 0 bridgehead atoms. The van der Waals surface area contributed by atoms with E-state index in [0.717, 1.165) is 18.2 Å².